The van der Waals surface area contributed by atoms with E-state index in [1.165, 1.54) is 9.10 Å². The largest absolute Gasteiger partial charge is 0.494 e. The lowest BCUT2D eigenvalue weighted by Crippen LogP contribution is -2.50. The van der Waals surface area contributed by atoms with Gasteiger partial charge in [-0.1, -0.05) is 5.21 Å². The molecule has 1 aromatic carbocycles. The van der Waals surface area contributed by atoms with E-state index in [1.807, 2.05) is 13.8 Å². The average molecular weight is 403 g/mol. The summed E-state index contributed by atoms with van der Waals surface area (Å²) in [6, 6.07) is 4.91. The van der Waals surface area contributed by atoms with E-state index >= 15 is 0 Å². The van der Waals surface area contributed by atoms with Crippen LogP contribution in [0.5, 0.6) is 5.75 Å². The second-order valence-corrected chi connectivity index (χ2v) is 8.52. The number of aryl methyl sites for hydroxylation is 1. The molecule has 0 spiro atoms. The molecular weight excluding hydrogens is 382 g/mol. The highest BCUT2D eigenvalue weighted by atomic mass is 32.2. The fourth-order valence-corrected chi connectivity index (χ4v) is 4.66. The van der Waals surface area contributed by atoms with Crippen molar-refractivity contribution in [3.63, 3.8) is 0 Å². The maximum Gasteiger partial charge on any atom is 0.243 e. The Bertz CT molecular complexity index is 1060. The van der Waals surface area contributed by atoms with Crippen molar-refractivity contribution in [1.82, 2.24) is 34.3 Å². The van der Waals surface area contributed by atoms with E-state index in [4.69, 9.17) is 4.74 Å². The van der Waals surface area contributed by atoms with E-state index in [1.54, 1.807) is 41.5 Å². The van der Waals surface area contributed by atoms with Gasteiger partial charge in [0.05, 0.1) is 36.1 Å². The van der Waals surface area contributed by atoms with Crippen molar-refractivity contribution in [3.05, 3.63) is 48.0 Å². The van der Waals surface area contributed by atoms with Gasteiger partial charge in [-0.25, -0.2) is 13.1 Å². The SMILES string of the molecule is CCOc1ccc(S(=O)(=O)N2CC(n3cc(Cn4nccn4)nn3)C2)cc1C. The van der Waals surface area contributed by atoms with Crippen LogP contribution in [0.2, 0.25) is 0 Å². The molecule has 2 aromatic heterocycles. The molecule has 0 saturated carbocycles. The first-order valence-corrected chi connectivity index (χ1v) is 10.4. The summed E-state index contributed by atoms with van der Waals surface area (Å²) in [5.74, 6) is 0.699. The Morgan fingerprint density at radius 3 is 2.64 bits per heavy atom. The predicted molar refractivity (Wildman–Crippen MR) is 99.3 cm³/mol. The zero-order valence-corrected chi connectivity index (χ0v) is 16.4. The number of aromatic nitrogens is 6. The molecule has 0 amide bonds. The molecule has 1 aliphatic heterocycles. The molecule has 10 nitrogen and oxygen atoms in total. The molecule has 0 unspecified atom stereocenters. The number of rotatable bonds is 7. The van der Waals surface area contributed by atoms with Gasteiger partial charge in [0.15, 0.2) is 0 Å². The van der Waals surface area contributed by atoms with Crippen molar-refractivity contribution in [2.24, 2.45) is 0 Å². The molecule has 0 radical (unpaired) electrons. The lowest BCUT2D eigenvalue weighted by Gasteiger charge is -2.37. The van der Waals surface area contributed by atoms with Gasteiger partial charge in [0, 0.05) is 13.1 Å². The molecule has 4 rings (SSSR count). The normalized spacial score (nSPS) is 15.5. The minimum atomic E-state index is -3.54. The van der Waals surface area contributed by atoms with Crippen LogP contribution in [0.3, 0.4) is 0 Å². The van der Waals surface area contributed by atoms with Crippen LogP contribution in [0.25, 0.3) is 0 Å². The molecule has 0 atom stereocenters. The molecule has 0 N–H and O–H groups in total. The first-order chi connectivity index (χ1) is 13.5. The van der Waals surface area contributed by atoms with Gasteiger partial charge in [-0.15, -0.1) is 5.10 Å². The second-order valence-electron chi connectivity index (χ2n) is 6.59. The van der Waals surface area contributed by atoms with Crippen molar-refractivity contribution < 1.29 is 13.2 Å². The Balaban J connectivity index is 1.41. The molecule has 11 heteroatoms. The standard InChI is InChI=1S/C17H21N7O3S/c1-3-27-17-5-4-16(8-13(17)2)28(25,26)22-11-15(12-22)23-9-14(20-21-23)10-24-18-6-7-19-24/h4-9,15H,3,10-12H2,1-2H3. The van der Waals surface area contributed by atoms with Crippen LogP contribution in [-0.2, 0) is 16.6 Å². The Hall–Kier alpha value is -2.79. The summed E-state index contributed by atoms with van der Waals surface area (Å²) >= 11 is 0. The van der Waals surface area contributed by atoms with Crippen molar-refractivity contribution in [2.75, 3.05) is 19.7 Å². The smallest absolute Gasteiger partial charge is 0.243 e. The molecule has 1 aliphatic rings. The van der Waals surface area contributed by atoms with Gasteiger partial charge >= 0.3 is 0 Å². The van der Waals surface area contributed by atoms with E-state index in [9.17, 15) is 8.42 Å². The van der Waals surface area contributed by atoms with E-state index in [0.717, 1.165) is 11.3 Å². The highest BCUT2D eigenvalue weighted by Crippen LogP contribution is 2.30. The molecule has 148 valence electrons. The molecule has 1 saturated heterocycles. The number of ether oxygens (including phenoxy) is 1. The van der Waals surface area contributed by atoms with Gasteiger partial charge in [0.2, 0.25) is 10.0 Å². The Morgan fingerprint density at radius 2 is 1.96 bits per heavy atom. The van der Waals surface area contributed by atoms with Gasteiger partial charge in [-0.3, -0.25) is 0 Å². The van der Waals surface area contributed by atoms with Gasteiger partial charge in [-0.2, -0.15) is 19.3 Å². The Kier molecular flexibility index (Phi) is 4.85. The van der Waals surface area contributed by atoms with Crippen molar-refractivity contribution >= 4 is 10.0 Å². The van der Waals surface area contributed by atoms with Crippen molar-refractivity contribution in [3.8, 4) is 5.75 Å². The van der Waals surface area contributed by atoms with Gasteiger partial charge in [0.25, 0.3) is 0 Å². The van der Waals surface area contributed by atoms with Crippen molar-refractivity contribution in [2.45, 2.75) is 31.3 Å². The van der Waals surface area contributed by atoms with Gasteiger partial charge < -0.3 is 4.74 Å². The summed E-state index contributed by atoms with van der Waals surface area (Å²) in [5, 5.41) is 16.3. The second kappa shape index (κ2) is 7.32. The fraction of sp³-hybridized carbons (Fsp3) is 0.412. The Morgan fingerprint density at radius 1 is 1.21 bits per heavy atom. The maximum atomic E-state index is 12.8. The molecule has 1 fully saturated rings. The lowest BCUT2D eigenvalue weighted by molar-refractivity contribution is 0.189. The number of benzene rings is 1. The summed E-state index contributed by atoms with van der Waals surface area (Å²) in [7, 11) is -3.54. The van der Waals surface area contributed by atoms with Gasteiger partial charge in [0.1, 0.15) is 18.0 Å². The number of hydrogen-bond donors (Lipinski definition) is 0. The molecule has 3 aromatic rings. The lowest BCUT2D eigenvalue weighted by atomic mass is 10.2. The first-order valence-electron chi connectivity index (χ1n) is 8.96. The first kappa shape index (κ1) is 18.6. The van der Waals surface area contributed by atoms with Crippen LogP contribution in [0.4, 0.5) is 0 Å². The third kappa shape index (κ3) is 3.50. The molecule has 3 heterocycles. The minimum absolute atomic E-state index is 0.0367. The number of nitrogens with zero attached hydrogens (tertiary/aromatic N) is 7. The van der Waals surface area contributed by atoms with E-state index in [-0.39, 0.29) is 10.9 Å². The maximum absolute atomic E-state index is 12.8. The van der Waals surface area contributed by atoms with Crippen LogP contribution in [0.15, 0.2) is 41.7 Å². The highest BCUT2D eigenvalue weighted by molar-refractivity contribution is 7.89. The van der Waals surface area contributed by atoms with Crippen LogP contribution < -0.4 is 4.74 Å². The fourth-order valence-electron chi connectivity index (χ4n) is 3.06. The monoisotopic (exact) mass is 403 g/mol. The minimum Gasteiger partial charge on any atom is -0.494 e. The van der Waals surface area contributed by atoms with Gasteiger partial charge in [-0.05, 0) is 37.6 Å². The zero-order chi connectivity index (χ0) is 19.7. The van der Waals surface area contributed by atoms with Crippen LogP contribution in [-0.4, -0.2) is 62.4 Å². The topological polar surface area (TPSA) is 108 Å². The molecule has 28 heavy (non-hydrogen) atoms. The van der Waals surface area contributed by atoms with Crippen LogP contribution in [0, 0.1) is 6.92 Å². The average Bonchev–Trinajstić information content (AvgIpc) is 3.28. The molecule has 0 aliphatic carbocycles. The van der Waals surface area contributed by atoms with Crippen LogP contribution >= 0.6 is 0 Å². The quantitative estimate of drug-likeness (QED) is 0.576. The number of hydrogen-bond acceptors (Lipinski definition) is 7. The Labute approximate surface area is 162 Å². The third-order valence-corrected chi connectivity index (χ3v) is 6.44. The van der Waals surface area contributed by atoms with E-state index < -0.39 is 10.0 Å². The summed E-state index contributed by atoms with van der Waals surface area (Å²) < 4.78 is 34.3. The third-order valence-electron chi connectivity index (χ3n) is 4.61. The molecular formula is C17H21N7O3S. The molecule has 0 bridgehead atoms. The van der Waals surface area contributed by atoms with E-state index in [2.05, 4.69) is 20.5 Å². The summed E-state index contributed by atoms with van der Waals surface area (Å²) in [4.78, 5) is 1.79. The summed E-state index contributed by atoms with van der Waals surface area (Å²) in [5.41, 5.74) is 1.52. The summed E-state index contributed by atoms with van der Waals surface area (Å²) in [6.07, 6.45) is 5.00. The van der Waals surface area contributed by atoms with Crippen LogP contribution in [0.1, 0.15) is 24.2 Å². The van der Waals surface area contributed by atoms with Crippen molar-refractivity contribution in [1.29, 1.82) is 0 Å². The number of sulfonamides is 1. The van der Waals surface area contributed by atoms with E-state index in [0.29, 0.717) is 32.0 Å². The predicted octanol–water partition coefficient (Wildman–Crippen LogP) is 0.871. The zero-order valence-electron chi connectivity index (χ0n) is 15.6. The highest BCUT2D eigenvalue weighted by Gasteiger charge is 2.38. The summed E-state index contributed by atoms with van der Waals surface area (Å²) in [6.45, 7) is 5.42.